The molecule has 4 nitrogen and oxygen atoms in total. The van der Waals surface area contributed by atoms with Crippen LogP contribution in [0.25, 0.3) is 0 Å². The van der Waals surface area contributed by atoms with Crippen molar-refractivity contribution >= 4 is 39.1 Å². The Kier molecular flexibility index (Phi) is 4.47. The summed E-state index contributed by atoms with van der Waals surface area (Å²) in [7, 11) is 0. The first-order valence-corrected chi connectivity index (χ1v) is 7.47. The number of anilines is 4. The highest BCUT2D eigenvalue weighted by Gasteiger charge is 2.05. The molecule has 3 aromatic rings. The zero-order chi connectivity index (χ0) is 16.2. The number of nitrogens with one attached hydrogen (secondary N) is 2. The van der Waals surface area contributed by atoms with Gasteiger partial charge in [0.15, 0.2) is 11.6 Å². The van der Waals surface area contributed by atoms with E-state index in [2.05, 4.69) is 36.5 Å². The van der Waals surface area contributed by atoms with E-state index in [1.165, 1.54) is 6.07 Å². The van der Waals surface area contributed by atoms with Crippen molar-refractivity contribution in [1.29, 1.82) is 0 Å². The van der Waals surface area contributed by atoms with Gasteiger partial charge in [0.25, 0.3) is 0 Å². The van der Waals surface area contributed by atoms with E-state index < -0.39 is 11.6 Å². The third kappa shape index (κ3) is 4.01. The van der Waals surface area contributed by atoms with E-state index in [-0.39, 0.29) is 0 Å². The highest BCUT2D eigenvalue weighted by molar-refractivity contribution is 9.10. The van der Waals surface area contributed by atoms with Crippen molar-refractivity contribution in [2.45, 2.75) is 0 Å². The molecule has 0 aliphatic rings. The van der Waals surface area contributed by atoms with Crippen LogP contribution in [0, 0.1) is 11.6 Å². The molecule has 1 heterocycles. The Balaban J connectivity index is 1.78. The van der Waals surface area contributed by atoms with Crippen molar-refractivity contribution in [3.8, 4) is 0 Å². The van der Waals surface area contributed by atoms with Crippen molar-refractivity contribution in [1.82, 2.24) is 9.97 Å². The summed E-state index contributed by atoms with van der Waals surface area (Å²) in [5.41, 5.74) is 1.22. The van der Waals surface area contributed by atoms with Crippen LogP contribution in [0.1, 0.15) is 0 Å². The number of nitrogens with zero attached hydrogens (tertiary/aromatic N) is 2. The number of hydrogen-bond donors (Lipinski definition) is 2. The Morgan fingerprint density at radius 2 is 1.70 bits per heavy atom. The van der Waals surface area contributed by atoms with E-state index in [1.807, 2.05) is 24.3 Å². The van der Waals surface area contributed by atoms with E-state index in [9.17, 15) is 8.78 Å². The van der Waals surface area contributed by atoms with Gasteiger partial charge in [0.1, 0.15) is 5.82 Å². The second kappa shape index (κ2) is 6.70. The lowest BCUT2D eigenvalue weighted by Crippen LogP contribution is -2.00. The van der Waals surface area contributed by atoms with Crippen LogP contribution in [-0.2, 0) is 0 Å². The quantitative estimate of drug-likeness (QED) is 0.672. The van der Waals surface area contributed by atoms with Gasteiger partial charge in [-0.05, 0) is 36.4 Å². The van der Waals surface area contributed by atoms with Crippen LogP contribution in [-0.4, -0.2) is 9.97 Å². The predicted molar refractivity (Wildman–Crippen MR) is 89.1 cm³/mol. The van der Waals surface area contributed by atoms with Gasteiger partial charge in [-0.3, -0.25) is 0 Å². The summed E-state index contributed by atoms with van der Waals surface area (Å²) in [4.78, 5) is 8.41. The molecule has 3 rings (SSSR count). The van der Waals surface area contributed by atoms with Gasteiger partial charge in [-0.2, -0.15) is 4.98 Å². The van der Waals surface area contributed by atoms with Gasteiger partial charge in [-0.15, -0.1) is 0 Å². The first-order chi connectivity index (χ1) is 11.1. The summed E-state index contributed by atoms with van der Waals surface area (Å²) in [6, 6.07) is 12.7. The molecule has 0 spiro atoms. The van der Waals surface area contributed by atoms with Gasteiger partial charge < -0.3 is 10.6 Å². The van der Waals surface area contributed by atoms with Gasteiger partial charge in [-0.1, -0.05) is 22.0 Å². The van der Waals surface area contributed by atoms with Crippen molar-refractivity contribution in [2.75, 3.05) is 10.6 Å². The van der Waals surface area contributed by atoms with Crippen molar-refractivity contribution in [2.24, 2.45) is 0 Å². The molecule has 0 radical (unpaired) electrons. The minimum Gasteiger partial charge on any atom is -0.340 e. The lowest BCUT2D eigenvalue weighted by Gasteiger charge is -2.09. The minimum atomic E-state index is -0.920. The van der Waals surface area contributed by atoms with E-state index in [0.717, 1.165) is 22.3 Å². The highest BCUT2D eigenvalue weighted by Crippen LogP contribution is 2.21. The van der Waals surface area contributed by atoms with Gasteiger partial charge in [0.2, 0.25) is 5.95 Å². The fourth-order valence-corrected chi connectivity index (χ4v) is 2.30. The topological polar surface area (TPSA) is 49.8 Å². The Hall–Kier alpha value is -2.54. The average Bonchev–Trinajstić information content (AvgIpc) is 2.51. The van der Waals surface area contributed by atoms with Gasteiger partial charge >= 0.3 is 0 Å². The zero-order valence-electron chi connectivity index (χ0n) is 11.7. The van der Waals surface area contributed by atoms with Crippen LogP contribution in [0.2, 0.25) is 0 Å². The lowest BCUT2D eigenvalue weighted by atomic mass is 10.3. The zero-order valence-corrected chi connectivity index (χ0v) is 13.3. The molecule has 2 N–H and O–H groups in total. The predicted octanol–water partition coefficient (Wildman–Crippen LogP) is 5.00. The molecule has 0 aliphatic carbocycles. The summed E-state index contributed by atoms with van der Waals surface area (Å²) in [5.74, 6) is -0.967. The SMILES string of the molecule is Fc1ccc(Nc2ccnc(Nc3cccc(Br)c3)n2)cc1F. The molecule has 0 aliphatic heterocycles. The maximum absolute atomic E-state index is 13.2. The molecule has 0 saturated carbocycles. The molecule has 2 aromatic carbocycles. The number of rotatable bonds is 4. The third-order valence-electron chi connectivity index (χ3n) is 2.93. The summed E-state index contributed by atoms with van der Waals surface area (Å²) >= 11 is 3.39. The summed E-state index contributed by atoms with van der Waals surface area (Å²) in [6.45, 7) is 0. The van der Waals surface area contributed by atoms with Crippen LogP contribution in [0.15, 0.2) is 59.2 Å². The molecule has 0 bridgehead atoms. The second-order valence-electron chi connectivity index (χ2n) is 4.65. The van der Waals surface area contributed by atoms with Crippen molar-refractivity contribution < 1.29 is 8.78 Å². The minimum absolute atomic E-state index is 0.385. The molecule has 0 atom stereocenters. The maximum atomic E-state index is 13.2. The number of hydrogen-bond acceptors (Lipinski definition) is 4. The smallest absolute Gasteiger partial charge is 0.229 e. The monoisotopic (exact) mass is 376 g/mol. The molecular weight excluding hydrogens is 366 g/mol. The molecule has 0 fully saturated rings. The molecule has 0 unspecified atom stereocenters. The van der Waals surface area contributed by atoms with Crippen LogP contribution >= 0.6 is 15.9 Å². The normalized spacial score (nSPS) is 10.4. The van der Waals surface area contributed by atoms with Crippen LogP contribution in [0.5, 0.6) is 0 Å². The molecule has 0 saturated heterocycles. The van der Waals surface area contributed by atoms with Gasteiger partial charge in [0.05, 0.1) is 0 Å². The number of aromatic nitrogens is 2. The molecular formula is C16H11BrF2N4. The molecule has 1 aromatic heterocycles. The van der Waals surface area contributed by atoms with E-state index in [4.69, 9.17) is 0 Å². The Bertz CT molecular complexity index is 842. The maximum Gasteiger partial charge on any atom is 0.229 e. The summed E-state index contributed by atoms with van der Waals surface area (Å²) < 4.78 is 27.1. The number of benzene rings is 2. The number of halogens is 3. The largest absolute Gasteiger partial charge is 0.340 e. The Morgan fingerprint density at radius 1 is 0.870 bits per heavy atom. The van der Waals surface area contributed by atoms with E-state index in [1.54, 1.807) is 12.3 Å². The highest BCUT2D eigenvalue weighted by atomic mass is 79.9. The third-order valence-corrected chi connectivity index (χ3v) is 3.42. The Labute approximate surface area is 139 Å². The van der Waals surface area contributed by atoms with Gasteiger partial charge in [-0.25, -0.2) is 13.8 Å². The van der Waals surface area contributed by atoms with Crippen molar-refractivity contribution in [3.63, 3.8) is 0 Å². The second-order valence-corrected chi connectivity index (χ2v) is 5.57. The van der Waals surface area contributed by atoms with Crippen LogP contribution in [0.4, 0.5) is 31.9 Å². The first-order valence-electron chi connectivity index (χ1n) is 6.68. The Morgan fingerprint density at radius 3 is 2.48 bits per heavy atom. The first kappa shape index (κ1) is 15.4. The van der Waals surface area contributed by atoms with Gasteiger partial charge in [0, 0.05) is 28.1 Å². The van der Waals surface area contributed by atoms with Crippen molar-refractivity contribution in [3.05, 3.63) is 70.8 Å². The van der Waals surface area contributed by atoms with E-state index in [0.29, 0.717) is 17.5 Å². The van der Waals surface area contributed by atoms with Crippen LogP contribution in [0.3, 0.4) is 0 Å². The molecule has 116 valence electrons. The lowest BCUT2D eigenvalue weighted by molar-refractivity contribution is 0.509. The summed E-state index contributed by atoms with van der Waals surface area (Å²) in [5, 5.41) is 5.97. The molecule has 0 amide bonds. The molecule has 7 heteroatoms. The average molecular weight is 377 g/mol. The fourth-order valence-electron chi connectivity index (χ4n) is 1.91. The van der Waals surface area contributed by atoms with E-state index >= 15 is 0 Å². The molecule has 23 heavy (non-hydrogen) atoms. The standard InChI is InChI=1S/C16H11BrF2N4/c17-10-2-1-3-11(8-10)22-16-20-7-6-15(23-16)21-12-4-5-13(18)14(19)9-12/h1-9H,(H2,20,21,22,23). The fraction of sp³-hybridized carbons (Fsp3) is 0. The summed E-state index contributed by atoms with van der Waals surface area (Å²) in [6.07, 6.45) is 1.57. The van der Waals surface area contributed by atoms with Crippen LogP contribution < -0.4 is 10.6 Å².